The lowest BCUT2D eigenvalue weighted by Crippen LogP contribution is -2.17. The minimum Gasteiger partial charge on any atom is -0.462 e. The molecule has 3 rings (SSSR count). The Morgan fingerprint density at radius 1 is 0.897 bits per heavy atom. The average molecular weight is 395 g/mol. The molecule has 0 spiro atoms. The molecule has 0 fully saturated rings. The molecule has 0 atom stereocenters. The molecular weight excluding hydrogens is 374 g/mol. The standard InChI is InChI=1S/C22H21NO6/c1-4-27-21(25)17-13(3)29-20(18(17)22(26)28-5-2)23-19(24)16-12-8-10-14-9-6-7-11-15(14)16/h6-12H,4-5H2,1-3H3,(H,23,24). The van der Waals surface area contributed by atoms with Crippen LogP contribution in [0, 0.1) is 6.92 Å². The van der Waals surface area contributed by atoms with Crippen LogP contribution in [0.1, 0.15) is 50.7 Å². The fraction of sp³-hybridized carbons (Fsp3) is 0.227. The van der Waals surface area contributed by atoms with E-state index in [9.17, 15) is 14.4 Å². The van der Waals surface area contributed by atoms with Gasteiger partial charge in [0.1, 0.15) is 16.9 Å². The van der Waals surface area contributed by atoms with Gasteiger partial charge in [0.25, 0.3) is 5.91 Å². The zero-order valence-corrected chi connectivity index (χ0v) is 16.4. The number of carbonyl (C=O) groups is 3. The highest BCUT2D eigenvalue weighted by Crippen LogP contribution is 2.30. The molecule has 0 unspecified atom stereocenters. The van der Waals surface area contributed by atoms with E-state index in [4.69, 9.17) is 13.9 Å². The Labute approximate surface area is 167 Å². The van der Waals surface area contributed by atoms with Gasteiger partial charge in [0, 0.05) is 5.56 Å². The number of hydrogen-bond acceptors (Lipinski definition) is 6. The van der Waals surface area contributed by atoms with Gasteiger partial charge in [-0.05, 0) is 37.6 Å². The predicted molar refractivity (Wildman–Crippen MR) is 107 cm³/mol. The monoisotopic (exact) mass is 395 g/mol. The summed E-state index contributed by atoms with van der Waals surface area (Å²) in [6.07, 6.45) is 0. The maximum atomic E-state index is 12.9. The SMILES string of the molecule is CCOC(=O)c1c(C)oc(NC(=O)c2cccc3ccccc23)c1C(=O)OCC. The highest BCUT2D eigenvalue weighted by atomic mass is 16.5. The number of carbonyl (C=O) groups excluding carboxylic acids is 3. The number of aryl methyl sites for hydroxylation is 1. The van der Waals surface area contributed by atoms with Crippen LogP contribution >= 0.6 is 0 Å². The van der Waals surface area contributed by atoms with Gasteiger partial charge in [-0.25, -0.2) is 9.59 Å². The Morgan fingerprint density at radius 3 is 2.21 bits per heavy atom. The normalized spacial score (nSPS) is 10.6. The number of furan rings is 1. The molecule has 7 heteroatoms. The second-order valence-corrected chi connectivity index (χ2v) is 6.16. The molecule has 0 aliphatic carbocycles. The van der Waals surface area contributed by atoms with Crippen LogP contribution in [-0.4, -0.2) is 31.1 Å². The summed E-state index contributed by atoms with van der Waals surface area (Å²) in [4.78, 5) is 37.8. The van der Waals surface area contributed by atoms with Gasteiger partial charge in [-0.15, -0.1) is 0 Å². The molecule has 3 aromatic rings. The topological polar surface area (TPSA) is 94.8 Å². The van der Waals surface area contributed by atoms with E-state index in [1.165, 1.54) is 6.92 Å². The van der Waals surface area contributed by atoms with Crippen molar-refractivity contribution < 1.29 is 28.3 Å². The fourth-order valence-electron chi connectivity index (χ4n) is 3.07. The molecule has 0 bridgehead atoms. The van der Waals surface area contributed by atoms with Crippen LogP contribution in [0.5, 0.6) is 0 Å². The van der Waals surface area contributed by atoms with Gasteiger partial charge >= 0.3 is 11.9 Å². The van der Waals surface area contributed by atoms with E-state index in [0.29, 0.717) is 5.56 Å². The van der Waals surface area contributed by atoms with Crippen LogP contribution in [-0.2, 0) is 9.47 Å². The number of hydrogen-bond donors (Lipinski definition) is 1. The van der Waals surface area contributed by atoms with E-state index in [1.54, 1.807) is 26.0 Å². The van der Waals surface area contributed by atoms with Crippen LogP contribution in [0.2, 0.25) is 0 Å². The number of anilines is 1. The summed E-state index contributed by atoms with van der Waals surface area (Å²) >= 11 is 0. The molecule has 2 aromatic carbocycles. The minimum absolute atomic E-state index is 0.0569. The highest BCUT2D eigenvalue weighted by Gasteiger charge is 2.31. The number of amides is 1. The van der Waals surface area contributed by atoms with Crippen molar-refractivity contribution in [1.82, 2.24) is 0 Å². The van der Waals surface area contributed by atoms with Crippen molar-refractivity contribution in [1.29, 1.82) is 0 Å². The first-order valence-electron chi connectivity index (χ1n) is 9.24. The molecule has 0 aliphatic rings. The lowest BCUT2D eigenvalue weighted by atomic mass is 10.0. The van der Waals surface area contributed by atoms with Gasteiger partial charge in [0.15, 0.2) is 0 Å². The van der Waals surface area contributed by atoms with E-state index in [1.807, 2.05) is 30.3 Å². The van der Waals surface area contributed by atoms with E-state index < -0.39 is 17.8 Å². The Morgan fingerprint density at radius 2 is 1.52 bits per heavy atom. The quantitative estimate of drug-likeness (QED) is 0.624. The third kappa shape index (κ3) is 3.99. The highest BCUT2D eigenvalue weighted by molar-refractivity contribution is 6.15. The Balaban J connectivity index is 2.04. The van der Waals surface area contributed by atoms with E-state index in [0.717, 1.165) is 10.8 Å². The summed E-state index contributed by atoms with van der Waals surface area (Å²) in [5.74, 6) is -1.97. The zero-order chi connectivity index (χ0) is 21.0. The lowest BCUT2D eigenvalue weighted by Gasteiger charge is -2.08. The minimum atomic E-state index is -0.777. The first-order chi connectivity index (χ1) is 14.0. The summed E-state index contributed by atoms with van der Waals surface area (Å²) in [6, 6.07) is 12.8. The van der Waals surface area contributed by atoms with Crippen molar-refractivity contribution in [3.05, 3.63) is 64.9 Å². The van der Waals surface area contributed by atoms with Crippen LogP contribution < -0.4 is 5.32 Å². The number of fused-ring (bicyclic) bond motifs is 1. The number of esters is 2. The van der Waals surface area contributed by atoms with Crippen molar-refractivity contribution >= 4 is 34.5 Å². The van der Waals surface area contributed by atoms with Crippen molar-refractivity contribution in [3.8, 4) is 0 Å². The van der Waals surface area contributed by atoms with Crippen molar-refractivity contribution in [2.45, 2.75) is 20.8 Å². The summed E-state index contributed by atoms with van der Waals surface area (Å²) in [7, 11) is 0. The first kappa shape index (κ1) is 20.1. The Kier molecular flexibility index (Phi) is 5.97. The van der Waals surface area contributed by atoms with Gasteiger partial charge in [0.05, 0.1) is 13.2 Å². The van der Waals surface area contributed by atoms with Gasteiger partial charge in [0.2, 0.25) is 5.88 Å². The van der Waals surface area contributed by atoms with Crippen LogP contribution in [0.3, 0.4) is 0 Å². The number of benzene rings is 2. The van der Waals surface area contributed by atoms with Gasteiger partial charge < -0.3 is 13.9 Å². The maximum absolute atomic E-state index is 12.9. The molecule has 0 saturated carbocycles. The predicted octanol–water partition coefficient (Wildman–Crippen LogP) is 4.35. The number of rotatable bonds is 6. The van der Waals surface area contributed by atoms with Gasteiger partial charge in [-0.2, -0.15) is 0 Å². The first-order valence-corrected chi connectivity index (χ1v) is 9.24. The summed E-state index contributed by atoms with van der Waals surface area (Å²) in [5, 5.41) is 4.25. The van der Waals surface area contributed by atoms with E-state index in [-0.39, 0.29) is 36.0 Å². The van der Waals surface area contributed by atoms with Crippen LogP contribution in [0.15, 0.2) is 46.9 Å². The second-order valence-electron chi connectivity index (χ2n) is 6.16. The molecule has 0 saturated heterocycles. The summed E-state index contributed by atoms with van der Waals surface area (Å²) < 4.78 is 15.6. The number of nitrogens with one attached hydrogen (secondary N) is 1. The molecule has 1 amide bonds. The average Bonchev–Trinajstić information content (AvgIpc) is 3.03. The molecule has 150 valence electrons. The molecule has 29 heavy (non-hydrogen) atoms. The third-order valence-electron chi connectivity index (χ3n) is 4.30. The molecule has 7 nitrogen and oxygen atoms in total. The fourth-order valence-corrected chi connectivity index (χ4v) is 3.07. The lowest BCUT2D eigenvalue weighted by molar-refractivity contribution is 0.0480. The summed E-state index contributed by atoms with van der Waals surface area (Å²) in [5.41, 5.74) is 0.194. The van der Waals surface area contributed by atoms with Crippen molar-refractivity contribution in [2.24, 2.45) is 0 Å². The molecule has 0 aliphatic heterocycles. The van der Waals surface area contributed by atoms with Gasteiger partial charge in [-0.1, -0.05) is 36.4 Å². The molecule has 1 aromatic heterocycles. The molecule has 1 N–H and O–H groups in total. The third-order valence-corrected chi connectivity index (χ3v) is 4.30. The van der Waals surface area contributed by atoms with Crippen molar-refractivity contribution in [2.75, 3.05) is 18.5 Å². The maximum Gasteiger partial charge on any atom is 0.344 e. The van der Waals surface area contributed by atoms with Gasteiger partial charge in [-0.3, -0.25) is 10.1 Å². The number of ether oxygens (including phenoxy) is 2. The zero-order valence-electron chi connectivity index (χ0n) is 16.4. The second kappa shape index (κ2) is 8.60. The van der Waals surface area contributed by atoms with E-state index in [2.05, 4.69) is 5.32 Å². The molecular formula is C22H21NO6. The Hall–Kier alpha value is -3.61. The summed E-state index contributed by atoms with van der Waals surface area (Å²) in [6.45, 7) is 5.04. The molecule has 1 heterocycles. The van der Waals surface area contributed by atoms with Crippen LogP contribution in [0.4, 0.5) is 5.88 Å². The smallest absolute Gasteiger partial charge is 0.344 e. The molecule has 0 radical (unpaired) electrons. The van der Waals surface area contributed by atoms with Crippen molar-refractivity contribution in [3.63, 3.8) is 0 Å². The van der Waals surface area contributed by atoms with E-state index >= 15 is 0 Å². The Bertz CT molecular complexity index is 1080. The largest absolute Gasteiger partial charge is 0.462 e. The van der Waals surface area contributed by atoms with Crippen LogP contribution in [0.25, 0.3) is 10.8 Å².